The molecule has 22 heavy (non-hydrogen) atoms. The van der Waals surface area contributed by atoms with Crippen molar-refractivity contribution in [2.45, 2.75) is 20.8 Å². The van der Waals surface area contributed by atoms with Crippen molar-refractivity contribution in [1.29, 1.82) is 0 Å². The normalized spacial score (nSPS) is 14.9. The van der Waals surface area contributed by atoms with Gasteiger partial charge in [-0.05, 0) is 32.4 Å². The van der Waals surface area contributed by atoms with E-state index in [0.29, 0.717) is 24.0 Å². The van der Waals surface area contributed by atoms with E-state index in [4.69, 9.17) is 4.74 Å². The monoisotopic (exact) mass is 296 g/mol. The number of nitrogens with zero attached hydrogens (tertiary/aromatic N) is 4. The third-order valence-electron chi connectivity index (χ3n) is 3.27. The number of rotatable bonds is 2. The molecule has 0 aliphatic carbocycles. The van der Waals surface area contributed by atoms with Gasteiger partial charge in [-0.3, -0.25) is 4.79 Å². The Bertz CT molecular complexity index is 849. The van der Waals surface area contributed by atoms with E-state index in [2.05, 4.69) is 21.1 Å². The molecular formula is C16H16N4O2. The third kappa shape index (κ3) is 2.55. The van der Waals surface area contributed by atoms with Crippen LogP contribution in [-0.2, 0) is 4.74 Å². The van der Waals surface area contributed by atoms with Crippen LogP contribution in [0.25, 0.3) is 0 Å². The summed E-state index contributed by atoms with van der Waals surface area (Å²) < 4.78 is 7.04. The highest BCUT2D eigenvalue weighted by molar-refractivity contribution is 6.46. The highest BCUT2D eigenvalue weighted by Crippen LogP contribution is 2.22. The first-order valence-corrected chi connectivity index (χ1v) is 7.06. The first kappa shape index (κ1) is 14.2. The minimum absolute atomic E-state index is 0.326. The lowest BCUT2D eigenvalue weighted by molar-refractivity contribution is 0.332. The fourth-order valence-corrected chi connectivity index (χ4v) is 2.26. The van der Waals surface area contributed by atoms with E-state index in [1.54, 1.807) is 6.20 Å². The zero-order valence-electron chi connectivity index (χ0n) is 12.7. The Morgan fingerprint density at radius 3 is 2.82 bits per heavy atom. The molecule has 0 unspecified atom stereocenters. The Hall–Kier alpha value is -2.76. The summed E-state index contributed by atoms with van der Waals surface area (Å²) in [5.41, 5.74) is 3.17. The molecule has 6 nitrogen and oxygen atoms in total. The van der Waals surface area contributed by atoms with Crippen LogP contribution in [0.1, 0.15) is 23.9 Å². The molecule has 0 saturated carbocycles. The van der Waals surface area contributed by atoms with Crippen LogP contribution >= 0.6 is 0 Å². The van der Waals surface area contributed by atoms with Gasteiger partial charge in [-0.25, -0.2) is 9.67 Å². The molecule has 0 saturated heterocycles. The average molecular weight is 296 g/mol. The number of aromatic nitrogens is 2. The first-order valence-electron chi connectivity index (χ1n) is 7.06. The Morgan fingerprint density at radius 1 is 1.27 bits per heavy atom. The number of hydrogen-bond donors (Lipinski definition) is 0. The van der Waals surface area contributed by atoms with Crippen LogP contribution in [0.2, 0.25) is 0 Å². The molecule has 0 N–H and O–H groups in total. The van der Waals surface area contributed by atoms with Gasteiger partial charge in [0.2, 0.25) is 0 Å². The molecule has 1 aromatic heterocycles. The minimum Gasteiger partial charge on any atom is -0.475 e. The van der Waals surface area contributed by atoms with Gasteiger partial charge >= 0.3 is 0 Å². The Labute approximate surface area is 127 Å². The minimum atomic E-state index is -0.326. The van der Waals surface area contributed by atoms with Crippen LogP contribution in [0.4, 0.5) is 5.69 Å². The topological polar surface area (TPSA) is 68.8 Å². The van der Waals surface area contributed by atoms with Gasteiger partial charge in [-0.2, -0.15) is 4.98 Å². The summed E-state index contributed by atoms with van der Waals surface area (Å²) in [4.78, 5) is 20.1. The number of benzene rings is 1. The highest BCUT2D eigenvalue weighted by Gasteiger charge is 2.25. The summed E-state index contributed by atoms with van der Waals surface area (Å²) in [6.07, 6.45) is 1.56. The lowest BCUT2D eigenvalue weighted by Gasteiger charge is -2.05. The van der Waals surface area contributed by atoms with Gasteiger partial charge in [0.1, 0.15) is 0 Å². The molecule has 2 aromatic rings. The zero-order valence-corrected chi connectivity index (χ0v) is 12.7. The quantitative estimate of drug-likeness (QED) is 0.853. The molecule has 6 heteroatoms. The predicted molar refractivity (Wildman–Crippen MR) is 85.1 cm³/mol. The predicted octanol–water partition coefficient (Wildman–Crippen LogP) is 2.19. The Kier molecular flexibility index (Phi) is 3.58. The van der Waals surface area contributed by atoms with Gasteiger partial charge in [0, 0.05) is 12.3 Å². The Morgan fingerprint density at radius 2 is 2.09 bits per heavy atom. The van der Waals surface area contributed by atoms with Crippen LogP contribution in [0.3, 0.4) is 0 Å². The lowest BCUT2D eigenvalue weighted by atomic mass is 10.1. The van der Waals surface area contributed by atoms with Gasteiger partial charge in [0.15, 0.2) is 11.5 Å². The van der Waals surface area contributed by atoms with Crippen LogP contribution in [-0.4, -0.2) is 27.9 Å². The van der Waals surface area contributed by atoms with Gasteiger partial charge in [-0.15, -0.1) is 5.10 Å². The van der Waals surface area contributed by atoms with Crippen LogP contribution < -0.4 is 5.56 Å². The van der Waals surface area contributed by atoms with Gasteiger partial charge in [0.25, 0.3) is 11.5 Å². The summed E-state index contributed by atoms with van der Waals surface area (Å²) in [5.74, 6) is 0.775. The van der Waals surface area contributed by atoms with E-state index in [1.165, 1.54) is 16.3 Å². The zero-order chi connectivity index (χ0) is 15.7. The standard InChI is InChI=1S/C16H16N4O2/c1-4-22-16-14(15-18-13(21)7-8-20(15)19-16)17-12-6-5-10(2)9-11(12)3/h5-9H,4H2,1-3H3. The molecule has 0 spiro atoms. The first-order chi connectivity index (χ1) is 10.6. The molecule has 0 amide bonds. The van der Waals surface area contributed by atoms with E-state index in [9.17, 15) is 4.79 Å². The van der Waals surface area contributed by atoms with Crippen LogP contribution in [0.5, 0.6) is 0 Å². The second-order valence-electron chi connectivity index (χ2n) is 5.02. The molecule has 1 aromatic carbocycles. The second-order valence-corrected chi connectivity index (χ2v) is 5.02. The molecule has 0 radical (unpaired) electrons. The third-order valence-corrected chi connectivity index (χ3v) is 3.27. The highest BCUT2D eigenvalue weighted by atomic mass is 16.5. The molecule has 0 atom stereocenters. The van der Waals surface area contributed by atoms with Crippen molar-refractivity contribution in [2.24, 2.45) is 10.1 Å². The van der Waals surface area contributed by atoms with Crippen molar-refractivity contribution >= 4 is 17.3 Å². The number of ether oxygens (including phenoxy) is 1. The van der Waals surface area contributed by atoms with Crippen molar-refractivity contribution in [1.82, 2.24) is 9.66 Å². The largest absolute Gasteiger partial charge is 0.475 e. The average Bonchev–Trinajstić information content (AvgIpc) is 2.80. The molecule has 112 valence electrons. The van der Waals surface area contributed by atoms with Crippen LogP contribution in [0, 0.1) is 13.8 Å². The molecule has 1 aliphatic rings. The lowest BCUT2D eigenvalue weighted by Crippen LogP contribution is -2.20. The number of fused-ring (bicyclic) bond motifs is 1. The van der Waals surface area contributed by atoms with E-state index in [1.807, 2.05) is 32.9 Å². The fraction of sp³-hybridized carbons (Fsp3) is 0.250. The summed E-state index contributed by atoms with van der Waals surface area (Å²) >= 11 is 0. The summed E-state index contributed by atoms with van der Waals surface area (Å²) in [6, 6.07) is 7.34. The molecule has 1 aliphatic heterocycles. The molecule has 0 fully saturated rings. The maximum Gasteiger partial charge on any atom is 0.273 e. The summed E-state index contributed by atoms with van der Waals surface area (Å²) in [6.45, 7) is 6.36. The van der Waals surface area contributed by atoms with E-state index in [-0.39, 0.29) is 5.56 Å². The molecular weight excluding hydrogens is 280 g/mol. The van der Waals surface area contributed by atoms with Gasteiger partial charge < -0.3 is 4.74 Å². The van der Waals surface area contributed by atoms with E-state index >= 15 is 0 Å². The number of aliphatic imine (C=N–C) groups is 1. The maximum atomic E-state index is 11.5. The van der Waals surface area contributed by atoms with E-state index < -0.39 is 0 Å². The van der Waals surface area contributed by atoms with E-state index in [0.717, 1.165) is 11.3 Å². The van der Waals surface area contributed by atoms with Gasteiger partial charge in [0.05, 0.1) is 12.3 Å². The van der Waals surface area contributed by atoms with Crippen molar-refractivity contribution in [3.8, 4) is 0 Å². The van der Waals surface area contributed by atoms with Crippen molar-refractivity contribution in [3.05, 3.63) is 57.8 Å². The molecule has 0 bridgehead atoms. The maximum absolute atomic E-state index is 11.5. The SMILES string of the molecule is CCOC1=Nn2ccc(=O)nc2C1=Nc1ccc(C)cc1C. The number of hydrogen-bond acceptors (Lipinski definition) is 5. The second kappa shape index (κ2) is 5.55. The van der Waals surface area contributed by atoms with Gasteiger partial charge in [-0.1, -0.05) is 17.7 Å². The number of aryl methyl sites for hydroxylation is 2. The fourth-order valence-electron chi connectivity index (χ4n) is 2.26. The Balaban J connectivity index is 2.14. The molecule has 3 rings (SSSR count). The van der Waals surface area contributed by atoms with Crippen molar-refractivity contribution in [2.75, 3.05) is 6.61 Å². The summed E-state index contributed by atoms with van der Waals surface area (Å²) in [7, 11) is 0. The smallest absolute Gasteiger partial charge is 0.273 e. The summed E-state index contributed by atoms with van der Waals surface area (Å²) in [5, 5.41) is 4.29. The molecule has 2 heterocycles. The van der Waals surface area contributed by atoms with Crippen LogP contribution in [0.15, 0.2) is 45.4 Å². The van der Waals surface area contributed by atoms with Crippen molar-refractivity contribution < 1.29 is 4.74 Å². The van der Waals surface area contributed by atoms with Crippen molar-refractivity contribution in [3.63, 3.8) is 0 Å².